The van der Waals surface area contributed by atoms with Gasteiger partial charge in [-0.15, -0.1) is 6.42 Å². The molecule has 0 amide bonds. The van der Waals surface area contributed by atoms with E-state index in [0.717, 1.165) is 5.56 Å². The lowest BCUT2D eigenvalue weighted by Crippen LogP contribution is -1.90. The van der Waals surface area contributed by atoms with Gasteiger partial charge in [0.05, 0.1) is 0 Å². The molecule has 0 heteroatoms. The molecule has 0 heterocycles. The lowest BCUT2D eigenvalue weighted by molar-refractivity contribution is 1.40. The Morgan fingerprint density at radius 1 is 0.875 bits per heavy atom. The quantitative estimate of drug-likeness (QED) is 0.620. The predicted molar refractivity (Wildman–Crippen MR) is 69.3 cm³/mol. The summed E-state index contributed by atoms with van der Waals surface area (Å²) in [5, 5.41) is 0. The van der Waals surface area contributed by atoms with Crippen LogP contribution in [-0.2, 0) is 0 Å². The summed E-state index contributed by atoms with van der Waals surface area (Å²) < 4.78 is 0. The predicted octanol–water partition coefficient (Wildman–Crippen LogP) is 3.95. The molecular weight excluding hydrogens is 192 g/mol. The van der Waals surface area contributed by atoms with Crippen LogP contribution in [0.25, 0.3) is 11.1 Å². The second kappa shape index (κ2) is 4.24. The summed E-state index contributed by atoms with van der Waals surface area (Å²) in [6.45, 7) is 4.21. The lowest BCUT2D eigenvalue weighted by atomic mass is 9.92. The number of benzene rings is 2. The van der Waals surface area contributed by atoms with Gasteiger partial charge in [-0.3, -0.25) is 0 Å². The molecule has 0 saturated heterocycles. The van der Waals surface area contributed by atoms with Crippen LogP contribution in [0.3, 0.4) is 0 Å². The molecule has 0 aliphatic heterocycles. The molecule has 0 aliphatic carbocycles. The fraction of sp³-hybridized carbons (Fsp3) is 0.125. The largest absolute Gasteiger partial charge is 0.115 e. The Morgan fingerprint density at radius 2 is 1.56 bits per heavy atom. The summed E-state index contributed by atoms with van der Waals surface area (Å²) in [6, 6.07) is 14.4. The second-order valence-electron chi connectivity index (χ2n) is 3.96. The van der Waals surface area contributed by atoms with Gasteiger partial charge in [0.25, 0.3) is 0 Å². The molecule has 0 radical (unpaired) electrons. The van der Waals surface area contributed by atoms with Crippen molar-refractivity contribution in [1.82, 2.24) is 0 Å². The molecule has 0 saturated carbocycles. The van der Waals surface area contributed by atoms with Gasteiger partial charge in [0.15, 0.2) is 0 Å². The summed E-state index contributed by atoms with van der Waals surface area (Å²) in [5.74, 6) is 2.76. The summed E-state index contributed by atoms with van der Waals surface area (Å²) in [6.07, 6.45) is 5.56. The Balaban J connectivity index is 2.75. The van der Waals surface area contributed by atoms with E-state index < -0.39 is 0 Å². The molecule has 0 bridgehead atoms. The molecule has 2 aromatic rings. The van der Waals surface area contributed by atoms with E-state index in [4.69, 9.17) is 6.42 Å². The second-order valence-corrected chi connectivity index (χ2v) is 3.96. The van der Waals surface area contributed by atoms with Gasteiger partial charge >= 0.3 is 0 Å². The summed E-state index contributed by atoms with van der Waals surface area (Å²) in [7, 11) is 0. The summed E-state index contributed by atoms with van der Waals surface area (Å²) >= 11 is 0. The van der Waals surface area contributed by atoms with Crippen LogP contribution in [0.4, 0.5) is 0 Å². The normalized spacial score (nSPS) is 9.81. The van der Waals surface area contributed by atoms with Crippen molar-refractivity contribution in [2.24, 2.45) is 0 Å². The molecule has 16 heavy (non-hydrogen) atoms. The van der Waals surface area contributed by atoms with E-state index in [1.54, 1.807) is 0 Å². The maximum atomic E-state index is 5.56. The fourth-order valence-corrected chi connectivity index (χ4v) is 2.00. The first-order valence-corrected chi connectivity index (χ1v) is 5.36. The fourth-order valence-electron chi connectivity index (χ4n) is 2.00. The molecule has 0 aromatic heterocycles. The average molecular weight is 206 g/mol. The van der Waals surface area contributed by atoms with Crippen molar-refractivity contribution in [3.63, 3.8) is 0 Å². The number of terminal acetylenes is 1. The minimum Gasteiger partial charge on any atom is -0.115 e. The molecule has 0 fully saturated rings. The number of rotatable bonds is 1. The smallest absolute Gasteiger partial charge is 0.0323 e. The van der Waals surface area contributed by atoms with E-state index >= 15 is 0 Å². The average Bonchev–Trinajstić information content (AvgIpc) is 2.30. The number of hydrogen-bond acceptors (Lipinski definition) is 0. The third-order valence-corrected chi connectivity index (χ3v) is 2.84. The Morgan fingerprint density at radius 3 is 2.25 bits per heavy atom. The van der Waals surface area contributed by atoms with Crippen LogP contribution < -0.4 is 0 Å². The van der Waals surface area contributed by atoms with Crippen LogP contribution in [0.5, 0.6) is 0 Å². The molecule has 78 valence electrons. The van der Waals surface area contributed by atoms with Gasteiger partial charge in [-0.2, -0.15) is 0 Å². The third-order valence-electron chi connectivity index (χ3n) is 2.84. The van der Waals surface area contributed by atoms with E-state index in [1.165, 1.54) is 22.3 Å². The van der Waals surface area contributed by atoms with Gasteiger partial charge in [-0.05, 0) is 36.6 Å². The van der Waals surface area contributed by atoms with Gasteiger partial charge in [0, 0.05) is 11.1 Å². The van der Waals surface area contributed by atoms with Crippen molar-refractivity contribution < 1.29 is 0 Å². The molecule has 0 N–H and O–H groups in total. The third kappa shape index (κ3) is 1.73. The van der Waals surface area contributed by atoms with Crippen LogP contribution in [0.1, 0.15) is 16.7 Å². The first-order chi connectivity index (χ1) is 7.74. The maximum absolute atomic E-state index is 5.56. The van der Waals surface area contributed by atoms with Crippen molar-refractivity contribution in [2.45, 2.75) is 13.8 Å². The topological polar surface area (TPSA) is 0 Å². The van der Waals surface area contributed by atoms with Crippen LogP contribution in [-0.4, -0.2) is 0 Å². The van der Waals surface area contributed by atoms with Crippen molar-refractivity contribution in [3.8, 4) is 23.5 Å². The summed E-state index contributed by atoms with van der Waals surface area (Å²) in [4.78, 5) is 0. The van der Waals surface area contributed by atoms with Crippen molar-refractivity contribution in [2.75, 3.05) is 0 Å². The molecule has 0 unspecified atom stereocenters. The van der Waals surface area contributed by atoms with E-state index in [-0.39, 0.29) is 0 Å². The van der Waals surface area contributed by atoms with Gasteiger partial charge in [-0.25, -0.2) is 0 Å². The summed E-state index contributed by atoms with van der Waals surface area (Å²) in [5.41, 5.74) is 5.86. The highest BCUT2D eigenvalue weighted by molar-refractivity contribution is 5.76. The molecule has 2 rings (SSSR count). The molecule has 0 nitrogen and oxygen atoms in total. The molecular formula is C16H14. The van der Waals surface area contributed by atoms with Crippen LogP contribution in [0.2, 0.25) is 0 Å². The zero-order valence-electron chi connectivity index (χ0n) is 9.62. The van der Waals surface area contributed by atoms with Crippen LogP contribution in [0.15, 0.2) is 42.5 Å². The zero-order valence-corrected chi connectivity index (χ0v) is 9.62. The Hall–Kier alpha value is -2.00. The molecule has 0 spiro atoms. The standard InChI is InChI=1S/C16H14/c1-4-14-10-7-9-13(3)16(14)15-11-6-5-8-12(15)2/h1,5-11H,2-3H3. The number of hydrogen-bond donors (Lipinski definition) is 0. The Labute approximate surface area is 96.9 Å². The maximum Gasteiger partial charge on any atom is 0.0323 e. The zero-order chi connectivity index (χ0) is 11.5. The van der Waals surface area contributed by atoms with Crippen molar-refractivity contribution in [1.29, 1.82) is 0 Å². The molecule has 2 aromatic carbocycles. The highest BCUT2D eigenvalue weighted by Gasteiger charge is 2.08. The minimum absolute atomic E-state index is 0.967. The van der Waals surface area contributed by atoms with Gasteiger partial charge in [0.2, 0.25) is 0 Å². The first-order valence-electron chi connectivity index (χ1n) is 5.36. The van der Waals surface area contributed by atoms with E-state index in [1.807, 2.05) is 18.2 Å². The van der Waals surface area contributed by atoms with E-state index in [0.29, 0.717) is 0 Å². The first kappa shape index (κ1) is 10.5. The van der Waals surface area contributed by atoms with E-state index in [2.05, 4.69) is 44.0 Å². The highest BCUT2D eigenvalue weighted by atomic mass is 14.1. The Bertz CT molecular complexity index is 556. The molecule has 0 aliphatic rings. The SMILES string of the molecule is C#Cc1cccc(C)c1-c1ccccc1C. The van der Waals surface area contributed by atoms with Gasteiger partial charge in [-0.1, -0.05) is 42.3 Å². The lowest BCUT2D eigenvalue weighted by Gasteiger charge is -2.11. The van der Waals surface area contributed by atoms with Crippen LogP contribution >= 0.6 is 0 Å². The minimum atomic E-state index is 0.967. The highest BCUT2D eigenvalue weighted by Crippen LogP contribution is 2.29. The number of aryl methyl sites for hydroxylation is 2. The molecule has 0 atom stereocenters. The van der Waals surface area contributed by atoms with Crippen LogP contribution in [0, 0.1) is 26.2 Å². The Kier molecular flexibility index (Phi) is 2.79. The van der Waals surface area contributed by atoms with Crippen molar-refractivity contribution in [3.05, 3.63) is 59.2 Å². The van der Waals surface area contributed by atoms with Gasteiger partial charge in [0.1, 0.15) is 0 Å². The van der Waals surface area contributed by atoms with Crippen molar-refractivity contribution >= 4 is 0 Å². The monoisotopic (exact) mass is 206 g/mol. The van der Waals surface area contributed by atoms with Gasteiger partial charge < -0.3 is 0 Å². The van der Waals surface area contributed by atoms with E-state index in [9.17, 15) is 0 Å².